The Morgan fingerprint density at radius 3 is 2.38 bits per heavy atom. The lowest BCUT2D eigenvalue weighted by Crippen LogP contribution is -2.36. The van der Waals surface area contributed by atoms with Crippen molar-refractivity contribution in [2.45, 2.75) is 39.5 Å². The second kappa shape index (κ2) is 13.7. The number of hydrogen-bond acceptors (Lipinski definition) is 6. The van der Waals surface area contributed by atoms with E-state index in [-0.39, 0.29) is 5.91 Å². The fraction of sp³-hybridized carbons (Fsp3) is 0.375. The molecule has 4 rings (SSSR count). The molecule has 39 heavy (non-hydrogen) atoms. The first kappa shape index (κ1) is 28.0. The minimum Gasteiger partial charge on any atom is -0.493 e. The van der Waals surface area contributed by atoms with Crippen LogP contribution in [0.2, 0.25) is 0 Å². The lowest BCUT2D eigenvalue weighted by atomic mass is 9.98. The van der Waals surface area contributed by atoms with Gasteiger partial charge in [0.15, 0.2) is 0 Å². The van der Waals surface area contributed by atoms with Crippen molar-refractivity contribution in [1.82, 2.24) is 4.98 Å². The number of nitrogens with one attached hydrogen (secondary N) is 1. The van der Waals surface area contributed by atoms with Crippen LogP contribution in [0.4, 0.5) is 17.2 Å². The molecule has 3 N–H and O–H groups in total. The molecule has 1 aliphatic heterocycles. The van der Waals surface area contributed by atoms with Gasteiger partial charge in [-0.25, -0.2) is 4.98 Å². The average molecular weight is 528 g/mol. The number of hydrogen-bond donors (Lipinski definition) is 2. The van der Waals surface area contributed by atoms with Crippen LogP contribution in [0.15, 0.2) is 73.4 Å². The number of anilines is 3. The number of nitrogens with zero attached hydrogens (tertiary/aromatic N) is 3. The highest BCUT2D eigenvalue weighted by Crippen LogP contribution is 2.25. The maximum Gasteiger partial charge on any atom is 0.255 e. The average Bonchev–Trinajstić information content (AvgIpc) is 2.97. The Morgan fingerprint density at radius 2 is 1.77 bits per heavy atom. The van der Waals surface area contributed by atoms with Crippen LogP contribution in [0.1, 0.15) is 55.5 Å². The SMILES string of the molecule is C=C(N)c1cccc(OCC2CCN(c3ccc(NC(=O)c4ccc(N(CCC)CCC)cc4)cn3)CC2)c1. The molecule has 7 nitrogen and oxygen atoms in total. The van der Waals surface area contributed by atoms with E-state index in [4.69, 9.17) is 10.5 Å². The number of pyridine rings is 1. The summed E-state index contributed by atoms with van der Waals surface area (Å²) in [6, 6.07) is 19.5. The molecule has 0 radical (unpaired) electrons. The number of rotatable bonds is 12. The van der Waals surface area contributed by atoms with Gasteiger partial charge in [0, 0.05) is 48.7 Å². The normalized spacial score (nSPS) is 13.6. The third kappa shape index (κ3) is 7.76. The third-order valence-corrected chi connectivity index (χ3v) is 7.12. The molecule has 1 aromatic heterocycles. The summed E-state index contributed by atoms with van der Waals surface area (Å²) in [7, 11) is 0. The van der Waals surface area contributed by atoms with Gasteiger partial charge in [-0.1, -0.05) is 32.6 Å². The Balaban J connectivity index is 1.25. The number of aromatic nitrogens is 1. The molecule has 0 spiro atoms. The lowest BCUT2D eigenvalue weighted by Gasteiger charge is -2.32. The zero-order valence-electron chi connectivity index (χ0n) is 23.2. The summed E-state index contributed by atoms with van der Waals surface area (Å²) in [6.45, 7) is 12.7. The van der Waals surface area contributed by atoms with Crippen LogP contribution in [0.3, 0.4) is 0 Å². The highest BCUT2D eigenvalue weighted by molar-refractivity contribution is 6.04. The predicted molar refractivity (Wildman–Crippen MR) is 162 cm³/mol. The molecule has 1 aliphatic rings. The fourth-order valence-electron chi connectivity index (χ4n) is 4.91. The molecule has 0 atom stereocenters. The number of benzene rings is 2. The number of amides is 1. The zero-order valence-corrected chi connectivity index (χ0v) is 23.2. The second-order valence-electron chi connectivity index (χ2n) is 10.2. The van der Waals surface area contributed by atoms with Crippen LogP contribution >= 0.6 is 0 Å². The molecule has 1 saturated heterocycles. The fourth-order valence-corrected chi connectivity index (χ4v) is 4.91. The number of ether oxygens (including phenoxy) is 1. The van der Waals surface area contributed by atoms with Crippen molar-refractivity contribution in [2.24, 2.45) is 11.7 Å². The van der Waals surface area contributed by atoms with Crippen LogP contribution in [0, 0.1) is 5.92 Å². The van der Waals surface area contributed by atoms with E-state index in [2.05, 4.69) is 40.5 Å². The number of piperidine rings is 1. The van der Waals surface area contributed by atoms with Crippen molar-refractivity contribution in [3.63, 3.8) is 0 Å². The number of nitrogens with two attached hydrogens (primary N) is 1. The highest BCUT2D eigenvalue weighted by Gasteiger charge is 2.21. The van der Waals surface area contributed by atoms with E-state index in [1.54, 1.807) is 6.20 Å². The Morgan fingerprint density at radius 1 is 1.05 bits per heavy atom. The summed E-state index contributed by atoms with van der Waals surface area (Å²) >= 11 is 0. The van der Waals surface area contributed by atoms with E-state index in [9.17, 15) is 4.79 Å². The van der Waals surface area contributed by atoms with Gasteiger partial charge in [0.05, 0.1) is 18.5 Å². The quantitative estimate of drug-likeness (QED) is 0.292. The molecule has 1 fully saturated rings. The van der Waals surface area contributed by atoms with Crippen molar-refractivity contribution in [3.8, 4) is 5.75 Å². The molecule has 0 saturated carbocycles. The molecule has 0 aliphatic carbocycles. The van der Waals surface area contributed by atoms with E-state index in [1.165, 1.54) is 0 Å². The minimum absolute atomic E-state index is 0.129. The van der Waals surface area contributed by atoms with Crippen molar-refractivity contribution in [3.05, 3.63) is 84.6 Å². The molecule has 7 heteroatoms. The number of carbonyl (C=O) groups excluding carboxylic acids is 1. The van der Waals surface area contributed by atoms with Crippen molar-refractivity contribution in [2.75, 3.05) is 47.9 Å². The summed E-state index contributed by atoms with van der Waals surface area (Å²) in [5.74, 6) is 2.12. The van der Waals surface area contributed by atoms with Gasteiger partial charge in [0.2, 0.25) is 0 Å². The Bertz CT molecular complexity index is 1210. The molecule has 206 valence electrons. The molecular weight excluding hydrogens is 486 g/mol. The van der Waals surface area contributed by atoms with Crippen LogP contribution in [0.5, 0.6) is 5.75 Å². The smallest absolute Gasteiger partial charge is 0.255 e. The topological polar surface area (TPSA) is 83.7 Å². The van der Waals surface area contributed by atoms with Gasteiger partial charge in [-0.15, -0.1) is 0 Å². The summed E-state index contributed by atoms with van der Waals surface area (Å²) < 4.78 is 6.03. The van der Waals surface area contributed by atoms with E-state index in [1.807, 2.05) is 60.7 Å². The second-order valence-corrected chi connectivity index (χ2v) is 10.2. The van der Waals surface area contributed by atoms with E-state index in [0.29, 0.717) is 29.5 Å². The maximum absolute atomic E-state index is 12.8. The van der Waals surface area contributed by atoms with E-state index in [0.717, 1.165) is 74.7 Å². The summed E-state index contributed by atoms with van der Waals surface area (Å²) in [5, 5.41) is 2.97. The maximum atomic E-state index is 12.8. The molecular formula is C32H41N5O2. The largest absolute Gasteiger partial charge is 0.493 e. The Kier molecular flexibility index (Phi) is 9.84. The van der Waals surface area contributed by atoms with E-state index >= 15 is 0 Å². The Labute approximate surface area is 232 Å². The van der Waals surface area contributed by atoms with Crippen molar-refractivity contribution >= 4 is 28.8 Å². The predicted octanol–water partition coefficient (Wildman–Crippen LogP) is 6.19. The van der Waals surface area contributed by atoms with Gasteiger partial charge in [-0.2, -0.15) is 0 Å². The summed E-state index contributed by atoms with van der Waals surface area (Å²) in [4.78, 5) is 22.1. The van der Waals surface area contributed by atoms with Crippen LogP contribution < -0.4 is 25.6 Å². The lowest BCUT2D eigenvalue weighted by molar-refractivity contribution is 0.102. The van der Waals surface area contributed by atoms with Gasteiger partial charge >= 0.3 is 0 Å². The van der Waals surface area contributed by atoms with Gasteiger partial charge in [0.1, 0.15) is 11.6 Å². The molecule has 0 unspecified atom stereocenters. The minimum atomic E-state index is -0.129. The molecule has 3 aromatic rings. The summed E-state index contributed by atoms with van der Waals surface area (Å²) in [6.07, 6.45) is 6.00. The first-order valence-electron chi connectivity index (χ1n) is 14.0. The summed E-state index contributed by atoms with van der Waals surface area (Å²) in [5.41, 5.74) is 9.72. The molecule has 2 aromatic carbocycles. The molecule has 0 bridgehead atoms. The van der Waals surface area contributed by atoms with Crippen LogP contribution in [-0.2, 0) is 0 Å². The van der Waals surface area contributed by atoms with Crippen molar-refractivity contribution < 1.29 is 9.53 Å². The van der Waals surface area contributed by atoms with E-state index < -0.39 is 0 Å². The van der Waals surface area contributed by atoms with Gasteiger partial charge in [-0.05, 0) is 80.1 Å². The van der Waals surface area contributed by atoms with Crippen molar-refractivity contribution in [1.29, 1.82) is 0 Å². The number of carbonyl (C=O) groups is 1. The van der Waals surface area contributed by atoms with Crippen LogP contribution in [0.25, 0.3) is 5.70 Å². The van der Waals surface area contributed by atoms with Gasteiger partial charge < -0.3 is 25.6 Å². The highest BCUT2D eigenvalue weighted by atomic mass is 16.5. The molecule has 1 amide bonds. The first-order valence-corrected chi connectivity index (χ1v) is 14.0. The monoisotopic (exact) mass is 527 g/mol. The van der Waals surface area contributed by atoms with Gasteiger partial charge in [-0.3, -0.25) is 4.79 Å². The Hall–Kier alpha value is -4.00. The van der Waals surface area contributed by atoms with Crippen LogP contribution in [-0.4, -0.2) is 43.7 Å². The standard InChI is InChI=1S/C32H41N5O2/c1-4-17-36(18-5-2)29-12-9-26(10-13-29)32(38)35-28-11-14-31(34-22-28)37-19-15-25(16-20-37)23-39-30-8-6-7-27(21-30)24(3)33/h6-14,21-22,25H,3-5,15-20,23,33H2,1-2H3,(H,35,38). The first-order chi connectivity index (χ1) is 19.0. The van der Waals surface area contributed by atoms with Gasteiger partial charge in [0.25, 0.3) is 5.91 Å². The molecule has 2 heterocycles. The zero-order chi connectivity index (χ0) is 27.6. The third-order valence-electron chi connectivity index (χ3n) is 7.12.